The fourth-order valence-electron chi connectivity index (χ4n) is 2.24. The summed E-state index contributed by atoms with van der Waals surface area (Å²) < 4.78 is 0. The minimum absolute atomic E-state index is 0.135. The summed E-state index contributed by atoms with van der Waals surface area (Å²) in [6.45, 7) is 2.71. The average molecular weight is 235 g/mol. The number of anilines is 1. The molecular weight excluding hydrogens is 218 g/mol. The number of nitrogen functional groups attached to an aromatic ring is 1. The summed E-state index contributed by atoms with van der Waals surface area (Å²) in [5.74, 6) is 0. The zero-order chi connectivity index (χ0) is 12.3. The van der Waals surface area contributed by atoms with Crippen molar-refractivity contribution in [3.8, 4) is 0 Å². The molecule has 0 bridgehead atoms. The highest BCUT2D eigenvalue weighted by atomic mass is 16.6. The van der Waals surface area contributed by atoms with Crippen LogP contribution >= 0.6 is 0 Å². The van der Waals surface area contributed by atoms with Crippen molar-refractivity contribution in [1.82, 2.24) is 4.90 Å². The van der Waals surface area contributed by atoms with E-state index < -0.39 is 0 Å². The maximum atomic E-state index is 10.9. The number of hydrogen-bond acceptors (Lipinski definition) is 4. The Hall–Kier alpha value is -1.62. The van der Waals surface area contributed by atoms with Gasteiger partial charge in [-0.1, -0.05) is 6.42 Å². The second kappa shape index (κ2) is 5.14. The van der Waals surface area contributed by atoms with Crippen molar-refractivity contribution in [1.29, 1.82) is 0 Å². The molecule has 17 heavy (non-hydrogen) atoms. The van der Waals surface area contributed by atoms with E-state index in [0.29, 0.717) is 12.2 Å². The molecule has 0 atom stereocenters. The fraction of sp³-hybridized carbons (Fsp3) is 0.500. The summed E-state index contributed by atoms with van der Waals surface area (Å²) in [4.78, 5) is 12.9. The number of benzene rings is 1. The van der Waals surface area contributed by atoms with Gasteiger partial charge in [0.2, 0.25) is 0 Å². The molecule has 5 nitrogen and oxygen atoms in total. The molecular formula is C12H17N3O2. The van der Waals surface area contributed by atoms with Crippen LogP contribution in [0.1, 0.15) is 24.8 Å². The van der Waals surface area contributed by atoms with Gasteiger partial charge in [0, 0.05) is 23.9 Å². The molecule has 1 heterocycles. The number of nitro groups is 1. The third-order valence-corrected chi connectivity index (χ3v) is 3.15. The molecule has 0 aliphatic carbocycles. The van der Waals surface area contributed by atoms with E-state index in [-0.39, 0.29) is 10.6 Å². The summed E-state index contributed by atoms with van der Waals surface area (Å²) in [6.07, 6.45) is 3.63. The molecule has 92 valence electrons. The Morgan fingerprint density at radius 1 is 1.29 bits per heavy atom. The lowest BCUT2D eigenvalue weighted by Gasteiger charge is -2.26. The van der Waals surface area contributed by atoms with Crippen molar-refractivity contribution in [2.75, 3.05) is 18.8 Å². The molecule has 0 spiro atoms. The first-order chi connectivity index (χ1) is 8.16. The van der Waals surface area contributed by atoms with Crippen molar-refractivity contribution in [3.05, 3.63) is 33.9 Å². The Morgan fingerprint density at radius 3 is 2.65 bits per heavy atom. The van der Waals surface area contributed by atoms with E-state index >= 15 is 0 Å². The third-order valence-electron chi connectivity index (χ3n) is 3.15. The molecule has 1 aromatic rings. The predicted octanol–water partition coefficient (Wildman–Crippen LogP) is 2.16. The van der Waals surface area contributed by atoms with Crippen LogP contribution in [-0.4, -0.2) is 22.9 Å². The number of hydrogen-bond donors (Lipinski definition) is 1. The van der Waals surface area contributed by atoms with E-state index in [1.165, 1.54) is 25.3 Å². The Labute approximate surface area is 100 Å². The summed E-state index contributed by atoms with van der Waals surface area (Å²) >= 11 is 0. The summed E-state index contributed by atoms with van der Waals surface area (Å²) in [5, 5.41) is 10.9. The Kier molecular flexibility index (Phi) is 3.58. The molecule has 2 rings (SSSR count). The maximum Gasteiger partial charge on any atom is 0.275 e. The lowest BCUT2D eigenvalue weighted by atomic mass is 10.1. The van der Waals surface area contributed by atoms with Crippen LogP contribution < -0.4 is 5.73 Å². The Morgan fingerprint density at radius 2 is 2.00 bits per heavy atom. The van der Waals surface area contributed by atoms with Gasteiger partial charge in [-0.2, -0.15) is 0 Å². The molecule has 0 saturated carbocycles. The minimum atomic E-state index is -0.352. The van der Waals surface area contributed by atoms with Crippen molar-refractivity contribution in [3.63, 3.8) is 0 Å². The van der Waals surface area contributed by atoms with E-state index in [4.69, 9.17) is 5.73 Å². The van der Waals surface area contributed by atoms with Gasteiger partial charge in [-0.05, 0) is 38.1 Å². The molecule has 5 heteroatoms. The van der Waals surface area contributed by atoms with Crippen LogP contribution in [-0.2, 0) is 6.54 Å². The Balaban J connectivity index is 2.16. The smallest absolute Gasteiger partial charge is 0.275 e. The van der Waals surface area contributed by atoms with Crippen molar-refractivity contribution in [2.45, 2.75) is 25.8 Å². The second-order valence-electron chi connectivity index (χ2n) is 4.48. The molecule has 0 aromatic heterocycles. The lowest BCUT2D eigenvalue weighted by molar-refractivity contribution is -0.385. The SMILES string of the molecule is Nc1ccc(CN2CCCCC2)c([N+](=O)[O-])c1. The molecule has 1 saturated heterocycles. The quantitative estimate of drug-likeness (QED) is 0.495. The summed E-state index contributed by atoms with van der Waals surface area (Å²) in [5.41, 5.74) is 6.91. The normalized spacial score (nSPS) is 16.9. The van der Waals surface area contributed by atoms with Gasteiger partial charge in [0.05, 0.1) is 4.92 Å². The minimum Gasteiger partial charge on any atom is -0.399 e. The first-order valence-electron chi connectivity index (χ1n) is 5.92. The topological polar surface area (TPSA) is 72.4 Å². The summed E-state index contributed by atoms with van der Waals surface area (Å²) in [7, 11) is 0. The van der Waals surface area contributed by atoms with Gasteiger partial charge in [0.1, 0.15) is 0 Å². The van der Waals surface area contributed by atoms with Gasteiger partial charge in [-0.3, -0.25) is 15.0 Å². The molecule has 1 fully saturated rings. The van der Waals surface area contributed by atoms with Crippen LogP contribution in [0.2, 0.25) is 0 Å². The molecule has 1 aromatic carbocycles. The van der Waals surface area contributed by atoms with Gasteiger partial charge in [0.25, 0.3) is 5.69 Å². The van der Waals surface area contributed by atoms with Crippen LogP contribution in [0.5, 0.6) is 0 Å². The van der Waals surface area contributed by atoms with Crippen LogP contribution in [0.15, 0.2) is 18.2 Å². The summed E-state index contributed by atoms with van der Waals surface area (Å²) in [6, 6.07) is 4.94. The van der Waals surface area contributed by atoms with Gasteiger partial charge in [0.15, 0.2) is 0 Å². The Bertz CT molecular complexity index is 414. The van der Waals surface area contributed by atoms with Crippen LogP contribution in [0, 0.1) is 10.1 Å². The standard InChI is InChI=1S/C12H17N3O2/c13-11-5-4-10(12(8-11)15(16)17)9-14-6-2-1-3-7-14/h4-5,8H,1-3,6-7,9,13H2. The number of nitro benzene ring substituents is 1. The zero-order valence-electron chi connectivity index (χ0n) is 9.76. The molecule has 2 N–H and O–H groups in total. The van der Waals surface area contributed by atoms with E-state index in [2.05, 4.69) is 4.90 Å². The van der Waals surface area contributed by atoms with Crippen LogP contribution in [0.4, 0.5) is 11.4 Å². The van der Waals surface area contributed by atoms with Gasteiger partial charge < -0.3 is 5.73 Å². The second-order valence-corrected chi connectivity index (χ2v) is 4.48. The highest BCUT2D eigenvalue weighted by Crippen LogP contribution is 2.24. The van der Waals surface area contributed by atoms with Crippen LogP contribution in [0.3, 0.4) is 0 Å². The monoisotopic (exact) mass is 235 g/mol. The predicted molar refractivity (Wildman–Crippen MR) is 66.6 cm³/mol. The zero-order valence-corrected chi connectivity index (χ0v) is 9.76. The van der Waals surface area contributed by atoms with Gasteiger partial charge in [-0.25, -0.2) is 0 Å². The number of piperidine rings is 1. The van der Waals surface area contributed by atoms with Crippen molar-refractivity contribution < 1.29 is 4.92 Å². The molecule has 1 aliphatic rings. The average Bonchev–Trinajstić information content (AvgIpc) is 2.32. The first kappa shape index (κ1) is 11.9. The van der Waals surface area contributed by atoms with E-state index in [1.807, 2.05) is 0 Å². The number of nitrogens with two attached hydrogens (primary N) is 1. The van der Waals surface area contributed by atoms with Crippen molar-refractivity contribution in [2.24, 2.45) is 0 Å². The molecule has 1 aliphatic heterocycles. The van der Waals surface area contributed by atoms with E-state index in [0.717, 1.165) is 18.7 Å². The number of nitrogens with zero attached hydrogens (tertiary/aromatic N) is 2. The van der Waals surface area contributed by atoms with Crippen LogP contribution in [0.25, 0.3) is 0 Å². The fourth-order valence-corrected chi connectivity index (χ4v) is 2.24. The van der Waals surface area contributed by atoms with Crippen molar-refractivity contribution >= 4 is 11.4 Å². The van der Waals surface area contributed by atoms with Gasteiger partial charge in [-0.15, -0.1) is 0 Å². The molecule has 0 radical (unpaired) electrons. The van der Waals surface area contributed by atoms with E-state index in [1.54, 1.807) is 12.1 Å². The van der Waals surface area contributed by atoms with E-state index in [9.17, 15) is 10.1 Å². The molecule has 0 unspecified atom stereocenters. The lowest BCUT2D eigenvalue weighted by Crippen LogP contribution is -2.29. The highest BCUT2D eigenvalue weighted by Gasteiger charge is 2.18. The largest absolute Gasteiger partial charge is 0.399 e. The first-order valence-corrected chi connectivity index (χ1v) is 5.92. The molecule has 0 amide bonds. The van der Waals surface area contributed by atoms with Gasteiger partial charge >= 0.3 is 0 Å². The highest BCUT2D eigenvalue weighted by molar-refractivity contribution is 5.52. The maximum absolute atomic E-state index is 10.9. The third kappa shape index (κ3) is 2.94. The number of likely N-dealkylation sites (tertiary alicyclic amines) is 1. The number of rotatable bonds is 3.